The Bertz CT molecular complexity index is 395. The molecule has 1 fully saturated rings. The monoisotopic (exact) mass is 223 g/mol. The molecule has 1 saturated heterocycles. The number of carbonyl (C=O) groups excluding carboxylic acids is 1. The molecule has 4 heteroatoms. The average molecular weight is 223 g/mol. The molecule has 0 aliphatic carbocycles. The Morgan fingerprint density at radius 1 is 1.56 bits per heavy atom. The van der Waals surface area contributed by atoms with E-state index in [1.807, 2.05) is 4.90 Å². The van der Waals surface area contributed by atoms with Crippen molar-refractivity contribution in [2.24, 2.45) is 0 Å². The first-order valence-electron chi connectivity index (χ1n) is 5.38. The summed E-state index contributed by atoms with van der Waals surface area (Å²) in [6, 6.07) is 4.43. The van der Waals surface area contributed by atoms with E-state index >= 15 is 0 Å². The number of halogens is 1. The Balaban J connectivity index is 2.29. The number of aliphatic hydroxyl groups is 1. The molecule has 0 aromatic heterocycles. The van der Waals surface area contributed by atoms with Crippen molar-refractivity contribution in [3.63, 3.8) is 0 Å². The second kappa shape index (κ2) is 4.61. The molecule has 1 N–H and O–H groups in total. The maximum absolute atomic E-state index is 13.7. The number of hydrogen-bond donors (Lipinski definition) is 1. The van der Waals surface area contributed by atoms with Crippen LogP contribution in [0.1, 0.15) is 23.2 Å². The largest absolute Gasteiger partial charge is 0.394 e. The van der Waals surface area contributed by atoms with Gasteiger partial charge in [0.1, 0.15) is 12.1 Å². The highest BCUT2D eigenvalue weighted by atomic mass is 19.1. The second-order valence-electron chi connectivity index (χ2n) is 4.00. The summed E-state index contributed by atoms with van der Waals surface area (Å²) in [6.07, 6.45) is 2.46. The summed E-state index contributed by atoms with van der Waals surface area (Å²) in [5.41, 5.74) is 0.808. The van der Waals surface area contributed by atoms with Crippen LogP contribution in [0.3, 0.4) is 0 Å². The van der Waals surface area contributed by atoms with Gasteiger partial charge in [0, 0.05) is 12.1 Å². The van der Waals surface area contributed by atoms with Crippen molar-refractivity contribution in [2.45, 2.75) is 18.9 Å². The zero-order chi connectivity index (χ0) is 11.5. The van der Waals surface area contributed by atoms with Crippen molar-refractivity contribution in [1.29, 1.82) is 0 Å². The summed E-state index contributed by atoms with van der Waals surface area (Å²) >= 11 is 0. The summed E-state index contributed by atoms with van der Waals surface area (Å²) < 4.78 is 13.7. The van der Waals surface area contributed by atoms with Crippen molar-refractivity contribution in [3.8, 4) is 0 Å². The number of carbonyl (C=O) groups is 1. The minimum Gasteiger partial charge on any atom is -0.394 e. The Morgan fingerprint density at radius 2 is 2.38 bits per heavy atom. The molecular weight excluding hydrogens is 209 g/mol. The number of hydrogen-bond acceptors (Lipinski definition) is 3. The van der Waals surface area contributed by atoms with Gasteiger partial charge < -0.3 is 10.0 Å². The summed E-state index contributed by atoms with van der Waals surface area (Å²) in [4.78, 5) is 12.4. The van der Waals surface area contributed by atoms with Crippen LogP contribution in [-0.4, -0.2) is 30.6 Å². The van der Waals surface area contributed by atoms with E-state index in [1.54, 1.807) is 12.1 Å². The first-order valence-corrected chi connectivity index (χ1v) is 5.38. The van der Waals surface area contributed by atoms with Crippen LogP contribution in [0.5, 0.6) is 0 Å². The first kappa shape index (κ1) is 11.1. The summed E-state index contributed by atoms with van der Waals surface area (Å²) in [6.45, 7) is 0.789. The van der Waals surface area contributed by atoms with E-state index in [4.69, 9.17) is 5.11 Å². The van der Waals surface area contributed by atoms with Crippen LogP contribution in [0.15, 0.2) is 18.2 Å². The van der Waals surface area contributed by atoms with Gasteiger partial charge in [-0.15, -0.1) is 0 Å². The van der Waals surface area contributed by atoms with Gasteiger partial charge in [-0.1, -0.05) is 0 Å². The predicted octanol–water partition coefficient (Wildman–Crippen LogP) is 1.60. The lowest BCUT2D eigenvalue weighted by Gasteiger charge is -2.25. The standard InChI is InChI=1S/C12H14FNO2/c13-11-6-9(7-15)3-4-12(11)14-5-1-2-10(14)8-16/h3-4,6-7,10,16H,1-2,5,8H2. The summed E-state index contributed by atoms with van der Waals surface area (Å²) in [5.74, 6) is -0.398. The Labute approximate surface area is 93.5 Å². The van der Waals surface area contributed by atoms with Crippen molar-refractivity contribution >= 4 is 12.0 Å². The molecule has 1 aromatic carbocycles. The molecule has 16 heavy (non-hydrogen) atoms. The molecule has 0 spiro atoms. The molecule has 0 amide bonds. The van der Waals surface area contributed by atoms with Crippen LogP contribution in [-0.2, 0) is 0 Å². The highest BCUT2D eigenvalue weighted by Crippen LogP contribution is 2.28. The quantitative estimate of drug-likeness (QED) is 0.791. The van der Waals surface area contributed by atoms with Crippen LogP contribution < -0.4 is 4.90 Å². The number of benzene rings is 1. The van der Waals surface area contributed by atoms with E-state index in [9.17, 15) is 9.18 Å². The van der Waals surface area contributed by atoms with E-state index in [2.05, 4.69) is 0 Å². The molecule has 2 rings (SSSR count). The van der Waals surface area contributed by atoms with Gasteiger partial charge in [-0.05, 0) is 31.0 Å². The number of aliphatic hydroxyl groups excluding tert-OH is 1. The molecular formula is C12H14FNO2. The van der Waals surface area contributed by atoms with Crippen LogP contribution >= 0.6 is 0 Å². The van der Waals surface area contributed by atoms with E-state index in [0.29, 0.717) is 17.5 Å². The Kier molecular flexibility index (Phi) is 3.19. The number of anilines is 1. The third kappa shape index (κ3) is 1.93. The fraction of sp³-hybridized carbons (Fsp3) is 0.417. The van der Waals surface area contributed by atoms with E-state index in [-0.39, 0.29) is 12.6 Å². The fourth-order valence-electron chi connectivity index (χ4n) is 2.17. The molecule has 1 unspecified atom stereocenters. The highest BCUT2D eigenvalue weighted by molar-refractivity contribution is 5.76. The normalized spacial score (nSPS) is 20.1. The fourth-order valence-corrected chi connectivity index (χ4v) is 2.17. The van der Waals surface area contributed by atoms with Crippen LogP contribution in [0, 0.1) is 5.82 Å². The van der Waals surface area contributed by atoms with Gasteiger partial charge in [0.15, 0.2) is 0 Å². The van der Waals surface area contributed by atoms with Crippen molar-refractivity contribution in [1.82, 2.24) is 0 Å². The van der Waals surface area contributed by atoms with Crippen LogP contribution in [0.4, 0.5) is 10.1 Å². The van der Waals surface area contributed by atoms with Crippen LogP contribution in [0.2, 0.25) is 0 Å². The SMILES string of the molecule is O=Cc1ccc(N2CCCC2CO)c(F)c1. The zero-order valence-electron chi connectivity index (χ0n) is 8.90. The van der Waals surface area contributed by atoms with Crippen LogP contribution in [0.25, 0.3) is 0 Å². The highest BCUT2D eigenvalue weighted by Gasteiger charge is 2.25. The number of nitrogens with zero attached hydrogens (tertiary/aromatic N) is 1. The van der Waals surface area contributed by atoms with Crippen molar-refractivity contribution in [3.05, 3.63) is 29.6 Å². The van der Waals surface area contributed by atoms with Gasteiger partial charge in [-0.3, -0.25) is 4.79 Å². The molecule has 1 atom stereocenters. The van der Waals surface area contributed by atoms with Crippen molar-refractivity contribution in [2.75, 3.05) is 18.1 Å². The maximum Gasteiger partial charge on any atom is 0.150 e. The first-order chi connectivity index (χ1) is 7.76. The molecule has 3 nitrogen and oxygen atoms in total. The molecule has 0 bridgehead atoms. The molecule has 0 radical (unpaired) electrons. The molecule has 86 valence electrons. The number of rotatable bonds is 3. The van der Waals surface area contributed by atoms with Gasteiger partial charge in [-0.2, -0.15) is 0 Å². The predicted molar refractivity (Wildman–Crippen MR) is 59.2 cm³/mol. The average Bonchev–Trinajstić information content (AvgIpc) is 2.76. The van der Waals surface area contributed by atoms with Crippen molar-refractivity contribution < 1.29 is 14.3 Å². The third-order valence-electron chi connectivity index (χ3n) is 3.01. The topological polar surface area (TPSA) is 40.5 Å². The zero-order valence-corrected chi connectivity index (χ0v) is 8.90. The maximum atomic E-state index is 13.7. The second-order valence-corrected chi connectivity index (χ2v) is 4.00. The molecule has 1 heterocycles. The lowest BCUT2D eigenvalue weighted by atomic mass is 10.2. The van der Waals surface area contributed by atoms with E-state index in [1.165, 1.54) is 6.07 Å². The number of aldehydes is 1. The smallest absolute Gasteiger partial charge is 0.150 e. The van der Waals surface area contributed by atoms with Gasteiger partial charge in [0.05, 0.1) is 18.3 Å². The molecule has 1 aliphatic rings. The lowest BCUT2D eigenvalue weighted by molar-refractivity contribution is 0.112. The summed E-state index contributed by atoms with van der Waals surface area (Å²) in [5, 5.41) is 9.17. The minimum atomic E-state index is -0.398. The molecule has 1 aliphatic heterocycles. The van der Waals surface area contributed by atoms with E-state index < -0.39 is 5.82 Å². The molecule has 1 aromatic rings. The Morgan fingerprint density at radius 3 is 3.00 bits per heavy atom. The van der Waals surface area contributed by atoms with Gasteiger partial charge in [0.2, 0.25) is 0 Å². The van der Waals surface area contributed by atoms with E-state index in [0.717, 1.165) is 19.4 Å². The minimum absolute atomic E-state index is 0.00317. The summed E-state index contributed by atoms with van der Waals surface area (Å²) in [7, 11) is 0. The van der Waals surface area contributed by atoms with Gasteiger partial charge in [0.25, 0.3) is 0 Å². The lowest BCUT2D eigenvalue weighted by Crippen LogP contribution is -2.32. The third-order valence-corrected chi connectivity index (χ3v) is 3.01. The Hall–Kier alpha value is -1.42. The van der Waals surface area contributed by atoms with Gasteiger partial charge in [-0.25, -0.2) is 4.39 Å². The van der Waals surface area contributed by atoms with Gasteiger partial charge >= 0.3 is 0 Å². The molecule has 0 saturated carbocycles.